The summed E-state index contributed by atoms with van der Waals surface area (Å²) >= 11 is 3.21. The number of amides is 1. The number of carbonyl (C=O) groups excluding carboxylic acids is 1. The fraction of sp³-hybridized carbons (Fsp3) is 0.182. The fourth-order valence-electron chi connectivity index (χ4n) is 2.86. The van der Waals surface area contributed by atoms with Crippen LogP contribution in [0.4, 0.5) is 5.13 Å². The Morgan fingerprint density at radius 1 is 1.18 bits per heavy atom. The molecular weight excluding hydrogens is 388 g/mol. The maximum atomic E-state index is 12.4. The molecule has 0 spiro atoms. The van der Waals surface area contributed by atoms with Gasteiger partial charge in [0, 0.05) is 20.9 Å². The van der Waals surface area contributed by atoms with E-state index in [2.05, 4.69) is 36.3 Å². The van der Waals surface area contributed by atoms with Gasteiger partial charge in [-0.2, -0.15) is 0 Å². The first-order valence-corrected chi connectivity index (χ1v) is 10.8. The Hall–Kier alpha value is -2.57. The summed E-state index contributed by atoms with van der Waals surface area (Å²) < 4.78 is 5.84. The first-order valence-electron chi connectivity index (χ1n) is 9.07. The maximum absolute atomic E-state index is 12.4. The van der Waals surface area contributed by atoms with Gasteiger partial charge in [0.2, 0.25) is 5.91 Å². The van der Waals surface area contributed by atoms with Gasteiger partial charge in [-0.1, -0.05) is 44.2 Å². The molecule has 0 aliphatic carbocycles. The average Bonchev–Trinajstić information content (AvgIpc) is 3.29. The highest BCUT2D eigenvalue weighted by atomic mass is 32.2. The molecule has 0 saturated heterocycles. The largest absolute Gasteiger partial charge is 0.454 e. The van der Waals surface area contributed by atoms with Gasteiger partial charge in [-0.05, 0) is 29.8 Å². The Bertz CT molecular complexity index is 1060. The summed E-state index contributed by atoms with van der Waals surface area (Å²) in [5, 5.41) is 6.93. The van der Waals surface area contributed by atoms with Crippen LogP contribution in [-0.4, -0.2) is 16.1 Å². The van der Waals surface area contributed by atoms with Crippen LogP contribution in [0.25, 0.3) is 22.4 Å². The quantitative estimate of drug-likeness (QED) is 0.384. The monoisotopic (exact) mass is 408 g/mol. The lowest BCUT2D eigenvalue weighted by Gasteiger charge is -2.06. The van der Waals surface area contributed by atoms with Gasteiger partial charge in [0.05, 0.1) is 6.42 Å². The molecule has 0 saturated carbocycles. The van der Waals surface area contributed by atoms with Gasteiger partial charge in [-0.25, -0.2) is 4.98 Å². The van der Waals surface area contributed by atoms with E-state index in [4.69, 9.17) is 4.42 Å². The van der Waals surface area contributed by atoms with Crippen LogP contribution in [0, 0.1) is 0 Å². The minimum atomic E-state index is -0.0743. The van der Waals surface area contributed by atoms with Crippen LogP contribution in [0.5, 0.6) is 0 Å². The molecule has 4 rings (SSSR count). The van der Waals surface area contributed by atoms with Crippen molar-refractivity contribution in [1.82, 2.24) is 4.98 Å². The number of para-hydroxylation sites is 1. The summed E-state index contributed by atoms with van der Waals surface area (Å²) in [4.78, 5) is 18.1. The van der Waals surface area contributed by atoms with Crippen molar-refractivity contribution in [3.8, 4) is 11.5 Å². The first kappa shape index (κ1) is 18.8. The highest BCUT2D eigenvalue weighted by Crippen LogP contribution is 2.30. The van der Waals surface area contributed by atoms with Gasteiger partial charge in [0.1, 0.15) is 11.3 Å². The highest BCUT2D eigenvalue weighted by molar-refractivity contribution is 7.99. The molecule has 4 nitrogen and oxygen atoms in total. The predicted molar refractivity (Wildman–Crippen MR) is 117 cm³/mol. The lowest BCUT2D eigenvalue weighted by atomic mass is 10.1. The topological polar surface area (TPSA) is 55.1 Å². The number of carbonyl (C=O) groups is 1. The summed E-state index contributed by atoms with van der Waals surface area (Å²) in [5.74, 6) is 0.631. The average molecular weight is 409 g/mol. The number of hydrogen-bond acceptors (Lipinski definition) is 5. The summed E-state index contributed by atoms with van der Waals surface area (Å²) in [6.45, 7) is 4.33. The van der Waals surface area contributed by atoms with E-state index < -0.39 is 0 Å². The Labute approximate surface area is 172 Å². The maximum Gasteiger partial charge on any atom is 0.230 e. The Kier molecular flexibility index (Phi) is 5.50. The van der Waals surface area contributed by atoms with Crippen LogP contribution >= 0.6 is 23.1 Å². The number of nitrogens with one attached hydrogen (secondary N) is 1. The van der Waals surface area contributed by atoms with Crippen LogP contribution in [0.15, 0.2) is 69.3 Å². The van der Waals surface area contributed by atoms with E-state index in [1.54, 1.807) is 0 Å². The Balaban J connectivity index is 1.40. The molecule has 6 heteroatoms. The summed E-state index contributed by atoms with van der Waals surface area (Å²) in [5.41, 5.74) is 2.54. The molecule has 28 heavy (non-hydrogen) atoms. The molecule has 2 aromatic carbocycles. The third-order valence-electron chi connectivity index (χ3n) is 4.09. The van der Waals surface area contributed by atoms with Gasteiger partial charge >= 0.3 is 0 Å². The molecule has 1 N–H and O–H groups in total. The van der Waals surface area contributed by atoms with Crippen molar-refractivity contribution in [1.29, 1.82) is 0 Å². The summed E-state index contributed by atoms with van der Waals surface area (Å²) in [7, 11) is 0. The zero-order valence-corrected chi connectivity index (χ0v) is 17.3. The van der Waals surface area contributed by atoms with Gasteiger partial charge in [0.15, 0.2) is 10.9 Å². The van der Waals surface area contributed by atoms with Crippen molar-refractivity contribution in [2.45, 2.75) is 30.4 Å². The smallest absolute Gasteiger partial charge is 0.230 e. The number of anilines is 1. The molecule has 1 amide bonds. The number of nitrogens with zero attached hydrogens (tertiary/aromatic N) is 1. The minimum Gasteiger partial charge on any atom is -0.454 e. The second kappa shape index (κ2) is 8.20. The highest BCUT2D eigenvalue weighted by Gasteiger charge is 2.12. The number of fused-ring (bicyclic) bond motifs is 1. The van der Waals surface area contributed by atoms with Crippen LogP contribution in [0.3, 0.4) is 0 Å². The van der Waals surface area contributed by atoms with E-state index in [9.17, 15) is 4.79 Å². The number of thioether (sulfide) groups is 1. The molecular formula is C22H20N2O2S2. The molecule has 0 bridgehead atoms. The van der Waals surface area contributed by atoms with Gasteiger partial charge in [-0.15, -0.1) is 23.1 Å². The van der Waals surface area contributed by atoms with E-state index in [0.29, 0.717) is 22.6 Å². The molecule has 2 aromatic heterocycles. The number of furan rings is 1. The van der Waals surface area contributed by atoms with E-state index in [1.807, 2.05) is 59.6 Å². The lowest BCUT2D eigenvalue weighted by molar-refractivity contribution is -0.115. The van der Waals surface area contributed by atoms with Gasteiger partial charge in [-0.3, -0.25) is 4.79 Å². The van der Waals surface area contributed by atoms with Crippen LogP contribution in [0.2, 0.25) is 0 Å². The zero-order valence-electron chi connectivity index (χ0n) is 15.6. The van der Waals surface area contributed by atoms with Gasteiger partial charge < -0.3 is 9.73 Å². The fourth-order valence-corrected chi connectivity index (χ4v) is 4.41. The molecule has 0 unspecified atom stereocenters. The molecule has 0 atom stereocenters. The molecule has 0 aliphatic rings. The van der Waals surface area contributed by atoms with Crippen molar-refractivity contribution in [2.24, 2.45) is 0 Å². The summed E-state index contributed by atoms with van der Waals surface area (Å²) in [6.07, 6.45) is 0.326. The van der Waals surface area contributed by atoms with E-state index in [0.717, 1.165) is 22.2 Å². The number of aromatic nitrogens is 1. The number of thiazole rings is 1. The normalized spacial score (nSPS) is 11.2. The molecule has 0 radical (unpaired) electrons. The second-order valence-corrected chi connectivity index (χ2v) is 9.23. The van der Waals surface area contributed by atoms with Crippen molar-refractivity contribution < 1.29 is 9.21 Å². The molecule has 0 fully saturated rings. The van der Waals surface area contributed by atoms with Crippen LogP contribution < -0.4 is 5.32 Å². The van der Waals surface area contributed by atoms with Crippen molar-refractivity contribution in [3.05, 3.63) is 65.5 Å². The van der Waals surface area contributed by atoms with E-state index >= 15 is 0 Å². The van der Waals surface area contributed by atoms with Crippen molar-refractivity contribution in [2.75, 3.05) is 5.32 Å². The lowest BCUT2D eigenvalue weighted by Crippen LogP contribution is -2.14. The summed E-state index contributed by atoms with van der Waals surface area (Å²) in [6, 6.07) is 18.0. The van der Waals surface area contributed by atoms with Crippen LogP contribution in [0.1, 0.15) is 19.4 Å². The van der Waals surface area contributed by atoms with Gasteiger partial charge in [0.25, 0.3) is 0 Å². The second-order valence-electron chi connectivity index (χ2n) is 6.72. The van der Waals surface area contributed by atoms with Crippen molar-refractivity contribution in [3.63, 3.8) is 0 Å². The predicted octanol–water partition coefficient (Wildman–Crippen LogP) is 6.24. The Morgan fingerprint density at radius 2 is 1.96 bits per heavy atom. The number of benzene rings is 2. The number of rotatable bonds is 6. The standard InChI is InChI=1S/C22H20N2O2S2/c1-14(2)28-17-9-7-15(8-10-17)11-21(25)24-22-23-18(13-27-22)20-12-16-5-3-4-6-19(16)26-20/h3-10,12-14H,11H2,1-2H3,(H,23,24,25). The first-order chi connectivity index (χ1) is 13.6. The third-order valence-corrected chi connectivity index (χ3v) is 5.86. The SMILES string of the molecule is CC(C)Sc1ccc(CC(=O)Nc2nc(-c3cc4ccccc4o3)cs2)cc1. The minimum absolute atomic E-state index is 0.0743. The molecule has 2 heterocycles. The molecule has 0 aliphatic heterocycles. The van der Waals surface area contributed by atoms with E-state index in [1.165, 1.54) is 16.2 Å². The van der Waals surface area contributed by atoms with E-state index in [-0.39, 0.29) is 5.91 Å². The molecule has 4 aromatic rings. The Morgan fingerprint density at radius 3 is 2.71 bits per heavy atom. The number of hydrogen-bond donors (Lipinski definition) is 1. The third kappa shape index (κ3) is 4.46. The molecule has 142 valence electrons. The zero-order chi connectivity index (χ0) is 19.5. The van der Waals surface area contributed by atoms with Crippen LogP contribution in [-0.2, 0) is 11.2 Å². The van der Waals surface area contributed by atoms with Crippen molar-refractivity contribution >= 4 is 45.1 Å².